The maximum absolute atomic E-state index is 5.91. The number of ether oxygens (including phenoxy) is 1. The summed E-state index contributed by atoms with van der Waals surface area (Å²) in [6, 6.07) is 8.36. The number of aromatic nitrogens is 2. The molecule has 0 N–H and O–H groups in total. The summed E-state index contributed by atoms with van der Waals surface area (Å²) in [6.45, 7) is 4.42. The van der Waals surface area contributed by atoms with Crippen molar-refractivity contribution in [2.45, 2.75) is 13.0 Å². The normalized spacial score (nSPS) is 19.1. The van der Waals surface area contributed by atoms with Gasteiger partial charge in [0.15, 0.2) is 0 Å². The largest absolute Gasteiger partial charge is 0.370 e. The van der Waals surface area contributed by atoms with E-state index < -0.39 is 0 Å². The van der Waals surface area contributed by atoms with Crippen molar-refractivity contribution in [1.82, 2.24) is 9.97 Å². The molecule has 0 aliphatic carbocycles. The number of hydrogen-bond donors (Lipinski definition) is 0. The van der Waals surface area contributed by atoms with Crippen LogP contribution in [-0.2, 0) is 4.74 Å². The summed E-state index contributed by atoms with van der Waals surface area (Å²) in [6.07, 6.45) is 3.64. The van der Waals surface area contributed by atoms with E-state index in [1.807, 2.05) is 0 Å². The molecule has 0 amide bonds. The van der Waals surface area contributed by atoms with E-state index in [1.165, 1.54) is 11.1 Å². The maximum atomic E-state index is 5.91. The van der Waals surface area contributed by atoms with Gasteiger partial charge in [-0.05, 0) is 34.0 Å². The van der Waals surface area contributed by atoms with Crippen LogP contribution in [-0.4, -0.2) is 29.7 Å². The Morgan fingerprint density at radius 2 is 2.00 bits per heavy atom. The van der Waals surface area contributed by atoms with Crippen molar-refractivity contribution in [1.29, 1.82) is 0 Å². The molecule has 1 unspecified atom stereocenters. The van der Waals surface area contributed by atoms with Crippen LogP contribution in [0.25, 0.3) is 0 Å². The Balaban J connectivity index is 1.80. The SMILES string of the molecule is Cc1ccccc1C1CN(c2ncc(Br)cn2)CCO1. The Labute approximate surface area is 126 Å². The molecule has 0 radical (unpaired) electrons. The first-order valence-corrected chi connectivity index (χ1v) is 7.43. The molecular formula is C15H16BrN3O. The molecule has 1 saturated heterocycles. The lowest BCUT2D eigenvalue weighted by Gasteiger charge is -2.33. The van der Waals surface area contributed by atoms with Gasteiger partial charge in [-0.2, -0.15) is 0 Å². The highest BCUT2D eigenvalue weighted by atomic mass is 79.9. The summed E-state index contributed by atoms with van der Waals surface area (Å²) in [5.41, 5.74) is 2.50. The fourth-order valence-electron chi connectivity index (χ4n) is 2.44. The number of nitrogens with zero attached hydrogens (tertiary/aromatic N) is 3. The number of morpholine rings is 1. The summed E-state index contributed by atoms with van der Waals surface area (Å²) in [7, 11) is 0. The Hall–Kier alpha value is -1.46. The van der Waals surface area contributed by atoms with Crippen LogP contribution in [0, 0.1) is 6.92 Å². The highest BCUT2D eigenvalue weighted by Crippen LogP contribution is 2.26. The Morgan fingerprint density at radius 1 is 1.25 bits per heavy atom. The van der Waals surface area contributed by atoms with Gasteiger partial charge in [0, 0.05) is 18.9 Å². The molecule has 1 aromatic heterocycles. The van der Waals surface area contributed by atoms with Crippen molar-refractivity contribution in [3.8, 4) is 0 Å². The third kappa shape index (κ3) is 2.83. The second kappa shape index (κ2) is 5.89. The minimum atomic E-state index is 0.0807. The molecule has 3 rings (SSSR count). The molecular weight excluding hydrogens is 318 g/mol. The van der Waals surface area contributed by atoms with Gasteiger partial charge in [0.1, 0.15) is 6.10 Å². The molecule has 5 heteroatoms. The highest BCUT2D eigenvalue weighted by molar-refractivity contribution is 9.10. The van der Waals surface area contributed by atoms with E-state index in [0.29, 0.717) is 6.61 Å². The van der Waals surface area contributed by atoms with Crippen molar-refractivity contribution >= 4 is 21.9 Å². The molecule has 20 heavy (non-hydrogen) atoms. The number of rotatable bonds is 2. The van der Waals surface area contributed by atoms with Gasteiger partial charge in [-0.1, -0.05) is 24.3 Å². The predicted molar refractivity (Wildman–Crippen MR) is 81.8 cm³/mol. The molecule has 1 aromatic carbocycles. The van der Waals surface area contributed by atoms with Crippen LogP contribution in [0.2, 0.25) is 0 Å². The number of aryl methyl sites for hydroxylation is 1. The average molecular weight is 334 g/mol. The summed E-state index contributed by atoms with van der Waals surface area (Å²) >= 11 is 3.36. The quantitative estimate of drug-likeness (QED) is 0.846. The molecule has 0 bridgehead atoms. The first-order valence-electron chi connectivity index (χ1n) is 6.63. The lowest BCUT2D eigenvalue weighted by Crippen LogP contribution is -2.39. The van der Waals surface area contributed by atoms with E-state index in [2.05, 4.69) is 62.0 Å². The number of hydrogen-bond acceptors (Lipinski definition) is 4. The molecule has 104 valence electrons. The van der Waals surface area contributed by atoms with Gasteiger partial charge < -0.3 is 9.64 Å². The summed E-state index contributed by atoms with van der Waals surface area (Å²) in [5, 5.41) is 0. The zero-order valence-corrected chi connectivity index (χ0v) is 12.9. The van der Waals surface area contributed by atoms with E-state index >= 15 is 0 Å². The molecule has 2 heterocycles. The molecule has 2 aromatic rings. The first kappa shape index (κ1) is 13.5. The van der Waals surface area contributed by atoms with Crippen molar-refractivity contribution in [3.05, 3.63) is 52.3 Å². The molecule has 1 atom stereocenters. The third-order valence-electron chi connectivity index (χ3n) is 3.49. The van der Waals surface area contributed by atoms with Crippen LogP contribution in [0.1, 0.15) is 17.2 Å². The van der Waals surface area contributed by atoms with Crippen molar-refractivity contribution in [3.63, 3.8) is 0 Å². The smallest absolute Gasteiger partial charge is 0.225 e. The molecule has 0 spiro atoms. The summed E-state index contributed by atoms with van der Waals surface area (Å²) in [4.78, 5) is 10.9. The van der Waals surface area contributed by atoms with Crippen molar-refractivity contribution < 1.29 is 4.74 Å². The standard InChI is InChI=1S/C15H16BrN3O/c1-11-4-2-3-5-13(11)14-10-19(6-7-20-14)15-17-8-12(16)9-18-15/h2-5,8-9,14H,6-7,10H2,1H3. The van der Waals surface area contributed by atoms with Gasteiger partial charge in [0.25, 0.3) is 0 Å². The lowest BCUT2D eigenvalue weighted by molar-refractivity contribution is 0.0388. The number of halogens is 1. The van der Waals surface area contributed by atoms with Crippen LogP contribution in [0.3, 0.4) is 0 Å². The number of benzene rings is 1. The zero-order valence-electron chi connectivity index (χ0n) is 11.3. The summed E-state index contributed by atoms with van der Waals surface area (Å²) < 4.78 is 6.81. The lowest BCUT2D eigenvalue weighted by atomic mass is 10.0. The predicted octanol–water partition coefficient (Wildman–Crippen LogP) is 3.13. The van der Waals surface area contributed by atoms with Crippen LogP contribution >= 0.6 is 15.9 Å². The van der Waals surface area contributed by atoms with E-state index in [1.54, 1.807) is 12.4 Å². The highest BCUT2D eigenvalue weighted by Gasteiger charge is 2.24. The van der Waals surface area contributed by atoms with E-state index in [9.17, 15) is 0 Å². The Bertz CT molecular complexity index is 588. The second-order valence-electron chi connectivity index (χ2n) is 4.86. The van der Waals surface area contributed by atoms with Gasteiger partial charge in [0.2, 0.25) is 5.95 Å². The topological polar surface area (TPSA) is 38.2 Å². The van der Waals surface area contributed by atoms with Gasteiger partial charge >= 0.3 is 0 Å². The zero-order chi connectivity index (χ0) is 13.9. The first-order chi connectivity index (χ1) is 9.74. The monoisotopic (exact) mass is 333 g/mol. The minimum absolute atomic E-state index is 0.0807. The van der Waals surface area contributed by atoms with Gasteiger partial charge in [-0.3, -0.25) is 0 Å². The second-order valence-corrected chi connectivity index (χ2v) is 5.78. The van der Waals surface area contributed by atoms with Crippen molar-refractivity contribution in [2.24, 2.45) is 0 Å². The van der Waals surface area contributed by atoms with E-state index in [0.717, 1.165) is 23.5 Å². The fourth-order valence-corrected chi connectivity index (χ4v) is 2.64. The molecule has 0 saturated carbocycles. The van der Waals surface area contributed by atoms with Gasteiger partial charge in [-0.15, -0.1) is 0 Å². The maximum Gasteiger partial charge on any atom is 0.225 e. The van der Waals surface area contributed by atoms with E-state index in [4.69, 9.17) is 4.74 Å². The van der Waals surface area contributed by atoms with Gasteiger partial charge in [-0.25, -0.2) is 9.97 Å². The Kier molecular flexibility index (Phi) is 3.98. The fraction of sp³-hybridized carbons (Fsp3) is 0.333. The van der Waals surface area contributed by atoms with Crippen LogP contribution in [0.15, 0.2) is 41.1 Å². The summed E-state index contributed by atoms with van der Waals surface area (Å²) in [5.74, 6) is 0.759. The van der Waals surface area contributed by atoms with E-state index in [-0.39, 0.29) is 6.10 Å². The number of anilines is 1. The third-order valence-corrected chi connectivity index (χ3v) is 3.90. The molecule has 1 aliphatic heterocycles. The van der Waals surface area contributed by atoms with Crippen LogP contribution < -0.4 is 4.90 Å². The van der Waals surface area contributed by atoms with Crippen molar-refractivity contribution in [2.75, 3.05) is 24.6 Å². The minimum Gasteiger partial charge on any atom is -0.370 e. The van der Waals surface area contributed by atoms with Gasteiger partial charge in [0.05, 0.1) is 17.6 Å². The van der Waals surface area contributed by atoms with Crippen LogP contribution in [0.4, 0.5) is 5.95 Å². The Morgan fingerprint density at radius 3 is 2.75 bits per heavy atom. The molecule has 1 aliphatic rings. The van der Waals surface area contributed by atoms with Crippen LogP contribution in [0.5, 0.6) is 0 Å². The average Bonchev–Trinajstić information content (AvgIpc) is 2.49. The molecule has 4 nitrogen and oxygen atoms in total. The molecule has 1 fully saturated rings.